The van der Waals surface area contributed by atoms with Gasteiger partial charge in [-0.1, -0.05) is 12.1 Å². The number of amides is 2. The van der Waals surface area contributed by atoms with E-state index in [4.69, 9.17) is 17.5 Å². The van der Waals surface area contributed by atoms with Crippen LogP contribution in [0.4, 0.5) is 5.69 Å². The lowest BCUT2D eigenvalue weighted by Gasteiger charge is -2.30. The number of nitrogens with zero attached hydrogens (tertiary/aromatic N) is 3. The summed E-state index contributed by atoms with van der Waals surface area (Å²) in [4.78, 5) is 27.5. The Morgan fingerprint density at radius 1 is 1.03 bits per heavy atom. The molecule has 1 fully saturated rings. The number of rotatable bonds is 3. The largest absolute Gasteiger partial charge is 0.318 e. The molecule has 1 saturated heterocycles. The van der Waals surface area contributed by atoms with Crippen LogP contribution in [-0.4, -0.2) is 21.5 Å². The summed E-state index contributed by atoms with van der Waals surface area (Å²) in [6, 6.07) is 16.9. The summed E-state index contributed by atoms with van der Waals surface area (Å²) in [6.45, 7) is 7.76. The van der Waals surface area contributed by atoms with Crippen molar-refractivity contribution in [3.63, 3.8) is 0 Å². The van der Waals surface area contributed by atoms with Crippen LogP contribution in [0.25, 0.3) is 11.8 Å². The molecule has 0 saturated carbocycles. The molecular formula is C26H22N4O2S. The van der Waals surface area contributed by atoms with E-state index in [0.717, 1.165) is 33.8 Å². The van der Waals surface area contributed by atoms with E-state index in [9.17, 15) is 9.59 Å². The molecule has 1 N–H and O–H groups in total. The molecule has 0 unspecified atom stereocenters. The second-order valence-corrected chi connectivity index (χ2v) is 8.38. The zero-order valence-electron chi connectivity index (χ0n) is 18.8. The fraction of sp³-hybridized carbons (Fsp3) is 0.154. The number of benzene rings is 2. The number of aryl methyl sites for hydroxylation is 2. The van der Waals surface area contributed by atoms with Crippen LogP contribution in [0.5, 0.6) is 0 Å². The molecule has 0 radical (unpaired) electrons. The Labute approximate surface area is 197 Å². The van der Waals surface area contributed by atoms with Crippen LogP contribution >= 0.6 is 12.2 Å². The zero-order valence-corrected chi connectivity index (χ0v) is 19.6. The van der Waals surface area contributed by atoms with Crippen molar-refractivity contribution in [1.82, 2.24) is 9.88 Å². The number of carbonyl (C=O) groups excluding carboxylic acids is 2. The first-order valence-electron chi connectivity index (χ1n) is 10.4. The standard InChI is InChI=1S/C26H22N4O2S/c1-15-6-5-7-23(17(15)3)30-25(32)22(24(31)28-26(30)33)13-20-12-16(2)29(18(20)4)21-10-8-19(14-27)9-11-21/h5-13H,1-4H3,(H,28,31,33)/b22-13+. The third kappa shape index (κ3) is 3.86. The number of aromatic nitrogens is 1. The number of nitrogens with one attached hydrogen (secondary N) is 1. The maximum Gasteiger partial charge on any atom is 0.270 e. The van der Waals surface area contributed by atoms with Crippen LogP contribution in [0.15, 0.2) is 54.1 Å². The molecular weight excluding hydrogens is 432 g/mol. The number of carbonyl (C=O) groups is 2. The lowest BCUT2D eigenvalue weighted by molar-refractivity contribution is -0.122. The molecule has 0 aliphatic carbocycles. The Morgan fingerprint density at radius 3 is 2.39 bits per heavy atom. The van der Waals surface area contributed by atoms with Crippen molar-refractivity contribution in [2.75, 3.05) is 4.90 Å². The van der Waals surface area contributed by atoms with E-state index in [1.165, 1.54) is 4.90 Å². The van der Waals surface area contributed by atoms with Gasteiger partial charge >= 0.3 is 0 Å². The van der Waals surface area contributed by atoms with Gasteiger partial charge in [-0.15, -0.1) is 0 Å². The quantitative estimate of drug-likeness (QED) is 0.361. The molecule has 164 valence electrons. The first-order chi connectivity index (χ1) is 15.7. The molecule has 33 heavy (non-hydrogen) atoms. The van der Waals surface area contributed by atoms with Crippen LogP contribution < -0.4 is 10.2 Å². The van der Waals surface area contributed by atoms with Gasteiger partial charge < -0.3 is 4.57 Å². The molecule has 4 rings (SSSR count). The highest BCUT2D eigenvalue weighted by molar-refractivity contribution is 7.80. The second kappa shape index (κ2) is 8.49. The monoisotopic (exact) mass is 454 g/mol. The van der Waals surface area contributed by atoms with Gasteiger partial charge in [-0.3, -0.25) is 19.8 Å². The summed E-state index contributed by atoms with van der Waals surface area (Å²) in [7, 11) is 0. The first-order valence-corrected chi connectivity index (χ1v) is 10.8. The lowest BCUT2D eigenvalue weighted by Crippen LogP contribution is -2.54. The topological polar surface area (TPSA) is 78.1 Å². The van der Waals surface area contributed by atoms with Crippen molar-refractivity contribution in [3.8, 4) is 11.8 Å². The van der Waals surface area contributed by atoms with Crippen LogP contribution in [0.3, 0.4) is 0 Å². The maximum atomic E-state index is 13.4. The summed E-state index contributed by atoms with van der Waals surface area (Å²) >= 11 is 5.34. The van der Waals surface area contributed by atoms with Crippen LogP contribution in [0, 0.1) is 39.0 Å². The van der Waals surface area contributed by atoms with E-state index < -0.39 is 11.8 Å². The third-order valence-electron chi connectivity index (χ3n) is 5.94. The smallest absolute Gasteiger partial charge is 0.270 e. The minimum absolute atomic E-state index is 0.0181. The van der Waals surface area contributed by atoms with Gasteiger partial charge in [0, 0.05) is 17.1 Å². The Kier molecular flexibility index (Phi) is 5.71. The highest BCUT2D eigenvalue weighted by Crippen LogP contribution is 2.28. The average Bonchev–Trinajstić information content (AvgIpc) is 3.06. The molecule has 0 atom stereocenters. The first kappa shape index (κ1) is 22.2. The van der Waals surface area contributed by atoms with Gasteiger partial charge in [-0.05, 0) is 99.1 Å². The fourth-order valence-electron chi connectivity index (χ4n) is 4.03. The fourth-order valence-corrected chi connectivity index (χ4v) is 4.30. The normalized spacial score (nSPS) is 15.1. The van der Waals surface area contributed by atoms with Crippen LogP contribution in [0.2, 0.25) is 0 Å². The molecule has 2 aromatic carbocycles. The Bertz CT molecular complexity index is 1390. The van der Waals surface area contributed by atoms with Gasteiger partial charge in [0.05, 0.1) is 17.3 Å². The van der Waals surface area contributed by atoms with E-state index in [1.54, 1.807) is 18.2 Å². The Morgan fingerprint density at radius 2 is 1.73 bits per heavy atom. The number of nitriles is 1. The maximum absolute atomic E-state index is 13.4. The lowest BCUT2D eigenvalue weighted by atomic mass is 10.0. The zero-order chi connectivity index (χ0) is 23.9. The van der Waals surface area contributed by atoms with Crippen molar-refractivity contribution < 1.29 is 9.59 Å². The van der Waals surface area contributed by atoms with Gasteiger partial charge in [-0.25, -0.2) is 0 Å². The minimum Gasteiger partial charge on any atom is -0.318 e. The molecule has 2 amide bonds. The third-order valence-corrected chi connectivity index (χ3v) is 6.23. The van der Waals surface area contributed by atoms with Gasteiger partial charge in [-0.2, -0.15) is 5.26 Å². The number of hydrogen-bond acceptors (Lipinski definition) is 4. The molecule has 7 heteroatoms. The van der Waals surface area contributed by atoms with Crippen molar-refractivity contribution >= 4 is 40.9 Å². The molecule has 1 aromatic heterocycles. The molecule has 1 aliphatic rings. The van der Waals surface area contributed by atoms with Crippen molar-refractivity contribution in [2.24, 2.45) is 0 Å². The predicted molar refractivity (Wildman–Crippen MR) is 132 cm³/mol. The predicted octanol–water partition coefficient (Wildman–Crippen LogP) is 4.41. The average molecular weight is 455 g/mol. The minimum atomic E-state index is -0.519. The molecule has 2 heterocycles. The molecule has 0 spiro atoms. The summed E-state index contributed by atoms with van der Waals surface area (Å²) in [5, 5.41) is 11.8. The molecule has 3 aromatic rings. The number of hydrogen-bond donors (Lipinski definition) is 1. The van der Waals surface area contributed by atoms with Gasteiger partial charge in [0.2, 0.25) is 0 Å². The summed E-state index contributed by atoms with van der Waals surface area (Å²) in [5.74, 6) is -0.977. The molecule has 1 aliphatic heterocycles. The van der Waals surface area contributed by atoms with Crippen molar-refractivity contribution in [2.45, 2.75) is 27.7 Å². The summed E-state index contributed by atoms with van der Waals surface area (Å²) < 4.78 is 2.02. The Balaban J connectivity index is 1.77. The van der Waals surface area contributed by atoms with E-state index in [1.807, 2.05) is 68.7 Å². The summed E-state index contributed by atoms with van der Waals surface area (Å²) in [6.07, 6.45) is 1.61. The van der Waals surface area contributed by atoms with Crippen LogP contribution in [-0.2, 0) is 9.59 Å². The van der Waals surface area contributed by atoms with E-state index >= 15 is 0 Å². The van der Waals surface area contributed by atoms with E-state index in [2.05, 4.69) is 11.4 Å². The SMILES string of the molecule is Cc1cccc(N2C(=O)/C(=C/c3cc(C)n(-c4ccc(C#N)cc4)c3C)C(=O)NC2=S)c1C. The van der Waals surface area contributed by atoms with Gasteiger partial charge in [0.25, 0.3) is 11.8 Å². The summed E-state index contributed by atoms with van der Waals surface area (Å²) in [5.41, 5.74) is 6.65. The van der Waals surface area contributed by atoms with Crippen molar-refractivity contribution in [1.29, 1.82) is 5.26 Å². The van der Waals surface area contributed by atoms with Crippen molar-refractivity contribution in [3.05, 3.63) is 87.7 Å². The Hall–Kier alpha value is -4.02. The van der Waals surface area contributed by atoms with Gasteiger partial charge in [0.1, 0.15) is 5.57 Å². The number of thiocarbonyl (C=S) groups is 1. The number of anilines is 1. The van der Waals surface area contributed by atoms with E-state index in [0.29, 0.717) is 11.3 Å². The second-order valence-electron chi connectivity index (χ2n) is 8.00. The highest BCUT2D eigenvalue weighted by Gasteiger charge is 2.35. The van der Waals surface area contributed by atoms with E-state index in [-0.39, 0.29) is 10.7 Å². The highest BCUT2D eigenvalue weighted by atomic mass is 32.1. The van der Waals surface area contributed by atoms with Crippen LogP contribution in [0.1, 0.15) is 33.6 Å². The van der Waals surface area contributed by atoms with Gasteiger partial charge in [0.15, 0.2) is 5.11 Å². The molecule has 0 bridgehead atoms. The molecule has 6 nitrogen and oxygen atoms in total.